The van der Waals surface area contributed by atoms with Crippen LogP contribution in [0.5, 0.6) is 5.88 Å². The van der Waals surface area contributed by atoms with Gasteiger partial charge in [0.2, 0.25) is 5.88 Å². The summed E-state index contributed by atoms with van der Waals surface area (Å²) in [5.74, 6) is 0.635. The molecular formula is C20H21N3O. The van der Waals surface area contributed by atoms with Crippen LogP contribution in [0.3, 0.4) is 0 Å². The van der Waals surface area contributed by atoms with Crippen molar-refractivity contribution in [1.29, 1.82) is 0 Å². The van der Waals surface area contributed by atoms with Crippen LogP contribution in [-0.4, -0.2) is 29.7 Å². The molecule has 4 rings (SSSR count). The van der Waals surface area contributed by atoms with E-state index in [0.717, 1.165) is 18.5 Å². The van der Waals surface area contributed by atoms with Crippen LogP contribution in [-0.2, 0) is 0 Å². The van der Waals surface area contributed by atoms with Gasteiger partial charge in [0.25, 0.3) is 0 Å². The van der Waals surface area contributed by atoms with Crippen molar-refractivity contribution in [2.75, 3.05) is 13.7 Å². The standard InChI is InChI=1S/C20H21N3O/c1-13-9-15(7-8-21-13)18-12-22-19-5-3-14(10-17(18)19)16-4-6-20(24-2)23-11-16/h3-7,10-13,21-22H,8-9H2,1-2H3. The number of hydrogen-bond donors (Lipinski definition) is 2. The number of benzene rings is 1. The Labute approximate surface area is 141 Å². The third-order valence-electron chi connectivity index (χ3n) is 4.65. The van der Waals surface area contributed by atoms with Crippen LogP contribution < -0.4 is 10.1 Å². The summed E-state index contributed by atoms with van der Waals surface area (Å²) in [6.45, 7) is 3.17. The van der Waals surface area contributed by atoms with E-state index in [1.54, 1.807) is 7.11 Å². The van der Waals surface area contributed by atoms with Crippen molar-refractivity contribution < 1.29 is 4.74 Å². The molecule has 3 heterocycles. The van der Waals surface area contributed by atoms with Gasteiger partial charge in [-0.3, -0.25) is 0 Å². The molecule has 1 unspecified atom stereocenters. The van der Waals surface area contributed by atoms with E-state index in [0.29, 0.717) is 11.9 Å². The van der Waals surface area contributed by atoms with Gasteiger partial charge in [-0.15, -0.1) is 0 Å². The first-order chi connectivity index (χ1) is 11.7. The second-order valence-electron chi connectivity index (χ2n) is 6.29. The van der Waals surface area contributed by atoms with Gasteiger partial charge in [0.15, 0.2) is 0 Å². The smallest absolute Gasteiger partial charge is 0.212 e. The third-order valence-corrected chi connectivity index (χ3v) is 4.65. The highest BCUT2D eigenvalue weighted by atomic mass is 16.5. The molecule has 0 radical (unpaired) electrons. The molecule has 0 fully saturated rings. The second kappa shape index (κ2) is 6.13. The van der Waals surface area contributed by atoms with Crippen molar-refractivity contribution in [3.05, 3.63) is 54.4 Å². The van der Waals surface area contributed by atoms with Gasteiger partial charge in [0.05, 0.1) is 7.11 Å². The Kier molecular flexibility index (Phi) is 3.82. The van der Waals surface area contributed by atoms with Gasteiger partial charge in [-0.05, 0) is 42.7 Å². The number of aromatic amines is 1. The van der Waals surface area contributed by atoms with E-state index >= 15 is 0 Å². The molecule has 0 amide bonds. The molecule has 1 aliphatic rings. The summed E-state index contributed by atoms with van der Waals surface area (Å²) in [5, 5.41) is 4.73. The summed E-state index contributed by atoms with van der Waals surface area (Å²) in [6.07, 6.45) is 7.34. The highest BCUT2D eigenvalue weighted by Crippen LogP contribution is 2.32. The molecule has 0 saturated carbocycles. The summed E-state index contributed by atoms with van der Waals surface area (Å²) >= 11 is 0. The van der Waals surface area contributed by atoms with Crippen molar-refractivity contribution in [2.24, 2.45) is 0 Å². The zero-order valence-corrected chi connectivity index (χ0v) is 14.0. The lowest BCUT2D eigenvalue weighted by molar-refractivity contribution is 0.398. The van der Waals surface area contributed by atoms with Crippen LogP contribution in [0.15, 0.2) is 48.8 Å². The molecular weight excluding hydrogens is 298 g/mol. The Morgan fingerprint density at radius 3 is 2.79 bits per heavy atom. The number of fused-ring (bicyclic) bond motifs is 1. The molecule has 2 aromatic heterocycles. The molecule has 1 atom stereocenters. The number of aromatic nitrogens is 2. The molecule has 0 spiro atoms. The van der Waals surface area contributed by atoms with Crippen LogP contribution in [0.1, 0.15) is 18.9 Å². The van der Waals surface area contributed by atoms with Crippen molar-refractivity contribution >= 4 is 16.5 Å². The minimum Gasteiger partial charge on any atom is -0.481 e. The number of rotatable bonds is 3. The van der Waals surface area contributed by atoms with Crippen LogP contribution in [0.2, 0.25) is 0 Å². The number of hydrogen-bond acceptors (Lipinski definition) is 3. The van der Waals surface area contributed by atoms with Gasteiger partial charge in [-0.2, -0.15) is 0 Å². The Bertz CT molecular complexity index is 893. The second-order valence-corrected chi connectivity index (χ2v) is 6.29. The fourth-order valence-electron chi connectivity index (χ4n) is 3.33. The Morgan fingerprint density at radius 1 is 1.17 bits per heavy atom. The molecule has 0 aliphatic carbocycles. The number of H-pyrrole nitrogens is 1. The number of ether oxygens (including phenoxy) is 1. The average Bonchev–Trinajstić information content (AvgIpc) is 3.05. The van der Waals surface area contributed by atoms with Gasteiger partial charge < -0.3 is 15.0 Å². The van der Waals surface area contributed by atoms with Crippen molar-refractivity contribution in [1.82, 2.24) is 15.3 Å². The summed E-state index contributed by atoms with van der Waals surface area (Å²) in [7, 11) is 1.63. The van der Waals surface area contributed by atoms with Crippen LogP contribution in [0.4, 0.5) is 0 Å². The zero-order valence-electron chi connectivity index (χ0n) is 14.0. The molecule has 1 aliphatic heterocycles. The minimum absolute atomic E-state index is 0.518. The first kappa shape index (κ1) is 15.0. The normalized spacial score (nSPS) is 17.8. The molecule has 3 aromatic rings. The highest BCUT2D eigenvalue weighted by molar-refractivity contribution is 5.95. The number of nitrogens with one attached hydrogen (secondary N) is 2. The first-order valence-electron chi connectivity index (χ1n) is 8.29. The quantitative estimate of drug-likeness (QED) is 0.767. The van der Waals surface area contributed by atoms with Gasteiger partial charge in [0, 0.05) is 53.1 Å². The summed E-state index contributed by atoms with van der Waals surface area (Å²) in [4.78, 5) is 7.71. The van der Waals surface area contributed by atoms with Crippen LogP contribution in [0, 0.1) is 0 Å². The van der Waals surface area contributed by atoms with E-state index in [1.807, 2.05) is 18.3 Å². The van der Waals surface area contributed by atoms with Crippen molar-refractivity contribution in [3.63, 3.8) is 0 Å². The molecule has 0 saturated heterocycles. The largest absolute Gasteiger partial charge is 0.481 e. The van der Waals surface area contributed by atoms with E-state index in [4.69, 9.17) is 4.74 Å². The fourth-order valence-corrected chi connectivity index (χ4v) is 3.33. The van der Waals surface area contributed by atoms with E-state index in [9.17, 15) is 0 Å². The fraction of sp³-hybridized carbons (Fsp3) is 0.250. The van der Waals surface area contributed by atoms with Crippen molar-refractivity contribution in [3.8, 4) is 17.0 Å². The van der Waals surface area contributed by atoms with E-state index in [1.165, 1.54) is 27.6 Å². The molecule has 0 bridgehead atoms. The molecule has 4 nitrogen and oxygen atoms in total. The third kappa shape index (κ3) is 2.69. The SMILES string of the molecule is COc1ccc(-c2ccc3[nH]cc(C4=CCNC(C)C4)c3c2)cn1. The van der Waals surface area contributed by atoms with Crippen LogP contribution >= 0.6 is 0 Å². The maximum absolute atomic E-state index is 5.14. The van der Waals surface area contributed by atoms with E-state index in [2.05, 4.69) is 52.7 Å². The van der Waals surface area contributed by atoms with Gasteiger partial charge in [0.1, 0.15) is 0 Å². The molecule has 4 heteroatoms. The molecule has 24 heavy (non-hydrogen) atoms. The molecule has 1 aromatic carbocycles. The molecule has 122 valence electrons. The average molecular weight is 319 g/mol. The predicted molar refractivity (Wildman–Crippen MR) is 98.1 cm³/mol. The minimum atomic E-state index is 0.518. The summed E-state index contributed by atoms with van der Waals surface area (Å²) in [6, 6.07) is 11.0. The number of nitrogens with zero attached hydrogens (tertiary/aromatic N) is 1. The first-order valence-corrected chi connectivity index (χ1v) is 8.29. The van der Waals surface area contributed by atoms with E-state index in [-0.39, 0.29) is 0 Å². The van der Waals surface area contributed by atoms with E-state index < -0.39 is 0 Å². The topological polar surface area (TPSA) is 49.9 Å². The lowest BCUT2D eigenvalue weighted by atomic mass is 9.94. The van der Waals surface area contributed by atoms with Gasteiger partial charge >= 0.3 is 0 Å². The molecule has 2 N–H and O–H groups in total. The Hall–Kier alpha value is -2.59. The Morgan fingerprint density at radius 2 is 2.04 bits per heavy atom. The number of methoxy groups -OCH3 is 1. The predicted octanol–water partition coefficient (Wildman–Crippen LogP) is 4.00. The monoisotopic (exact) mass is 319 g/mol. The maximum atomic E-state index is 5.14. The highest BCUT2D eigenvalue weighted by Gasteiger charge is 2.15. The Balaban J connectivity index is 1.76. The lowest BCUT2D eigenvalue weighted by Crippen LogP contribution is -2.29. The van der Waals surface area contributed by atoms with Crippen LogP contribution in [0.25, 0.3) is 27.6 Å². The lowest BCUT2D eigenvalue weighted by Gasteiger charge is -2.20. The summed E-state index contributed by atoms with van der Waals surface area (Å²) in [5.41, 5.74) is 6.15. The van der Waals surface area contributed by atoms with Gasteiger partial charge in [-0.25, -0.2) is 4.98 Å². The van der Waals surface area contributed by atoms with Crippen molar-refractivity contribution in [2.45, 2.75) is 19.4 Å². The van der Waals surface area contributed by atoms with Gasteiger partial charge in [-0.1, -0.05) is 12.1 Å². The maximum Gasteiger partial charge on any atom is 0.212 e. The summed E-state index contributed by atoms with van der Waals surface area (Å²) < 4.78 is 5.14. The zero-order chi connectivity index (χ0) is 16.5. The number of pyridine rings is 1.